The van der Waals surface area contributed by atoms with Crippen molar-refractivity contribution in [1.82, 2.24) is 20.1 Å². The summed E-state index contributed by atoms with van der Waals surface area (Å²) in [5.41, 5.74) is 0. The quantitative estimate of drug-likeness (QED) is 0.833. The first-order valence-electron chi connectivity index (χ1n) is 6.92. The molecule has 1 saturated carbocycles. The first-order chi connectivity index (χ1) is 9.58. The molecule has 0 spiro atoms. The summed E-state index contributed by atoms with van der Waals surface area (Å²) >= 11 is 0. The van der Waals surface area contributed by atoms with E-state index in [1.165, 1.54) is 17.3 Å². The Labute approximate surface area is 117 Å². The summed E-state index contributed by atoms with van der Waals surface area (Å²) < 4.78 is 1.51. The van der Waals surface area contributed by atoms with Gasteiger partial charge in [-0.2, -0.15) is 5.10 Å². The maximum atomic E-state index is 12.0. The summed E-state index contributed by atoms with van der Waals surface area (Å²) in [6.45, 7) is 2.37. The second-order valence-electron chi connectivity index (χ2n) is 5.35. The molecule has 1 amide bonds. The maximum Gasteiger partial charge on any atom is 0.306 e. The molecule has 0 aliphatic heterocycles. The van der Waals surface area contributed by atoms with Gasteiger partial charge in [0, 0.05) is 6.54 Å². The molecule has 1 heterocycles. The monoisotopic (exact) mass is 280 g/mol. The van der Waals surface area contributed by atoms with Gasteiger partial charge in [-0.1, -0.05) is 0 Å². The van der Waals surface area contributed by atoms with Gasteiger partial charge in [-0.3, -0.25) is 9.59 Å². The molecule has 1 aliphatic rings. The van der Waals surface area contributed by atoms with Gasteiger partial charge in [-0.15, -0.1) is 0 Å². The fourth-order valence-corrected chi connectivity index (χ4v) is 2.54. The van der Waals surface area contributed by atoms with Gasteiger partial charge in [-0.25, -0.2) is 9.67 Å². The number of hydrogen-bond donors (Lipinski definition) is 2. The Hall–Kier alpha value is -1.92. The van der Waals surface area contributed by atoms with Crippen molar-refractivity contribution in [2.75, 3.05) is 6.54 Å². The number of carboxylic acid groups (broad SMARTS) is 1. The highest BCUT2D eigenvalue weighted by Gasteiger charge is 2.26. The van der Waals surface area contributed by atoms with Crippen LogP contribution in [-0.4, -0.2) is 38.3 Å². The minimum atomic E-state index is -0.702. The predicted molar refractivity (Wildman–Crippen MR) is 70.8 cm³/mol. The number of carbonyl (C=O) groups is 2. The number of carbonyl (C=O) groups excluding carboxylic acids is 1. The molecule has 0 bridgehead atoms. The van der Waals surface area contributed by atoms with Crippen LogP contribution in [0, 0.1) is 11.8 Å². The molecule has 0 saturated heterocycles. The van der Waals surface area contributed by atoms with E-state index in [0.717, 1.165) is 12.8 Å². The number of amides is 1. The molecule has 7 heteroatoms. The summed E-state index contributed by atoms with van der Waals surface area (Å²) in [4.78, 5) is 26.6. The Morgan fingerprint density at radius 1 is 1.40 bits per heavy atom. The van der Waals surface area contributed by atoms with E-state index in [1.807, 2.05) is 0 Å². The zero-order chi connectivity index (χ0) is 14.5. The molecular formula is C13H20N4O3. The average molecular weight is 280 g/mol. The molecule has 7 nitrogen and oxygen atoms in total. The second-order valence-corrected chi connectivity index (χ2v) is 5.35. The third kappa shape index (κ3) is 3.55. The van der Waals surface area contributed by atoms with E-state index in [4.69, 9.17) is 5.11 Å². The largest absolute Gasteiger partial charge is 0.481 e. The Morgan fingerprint density at radius 3 is 2.65 bits per heavy atom. The van der Waals surface area contributed by atoms with Gasteiger partial charge >= 0.3 is 5.97 Å². The number of hydrogen-bond acceptors (Lipinski definition) is 4. The van der Waals surface area contributed by atoms with Gasteiger partial charge in [0.2, 0.25) is 5.91 Å². The maximum absolute atomic E-state index is 12.0. The number of rotatable bonds is 5. The van der Waals surface area contributed by atoms with Crippen LogP contribution in [0.1, 0.15) is 38.6 Å². The first-order valence-corrected chi connectivity index (χ1v) is 6.92. The highest BCUT2D eigenvalue weighted by molar-refractivity contribution is 5.79. The Bertz CT molecular complexity index is 452. The number of nitrogens with one attached hydrogen (secondary N) is 1. The van der Waals surface area contributed by atoms with Crippen molar-refractivity contribution in [1.29, 1.82) is 0 Å². The van der Waals surface area contributed by atoms with Crippen molar-refractivity contribution < 1.29 is 14.7 Å². The molecule has 0 radical (unpaired) electrons. The van der Waals surface area contributed by atoms with E-state index in [1.54, 1.807) is 6.92 Å². The molecule has 110 valence electrons. The van der Waals surface area contributed by atoms with Crippen LogP contribution < -0.4 is 5.32 Å². The van der Waals surface area contributed by atoms with Crippen LogP contribution in [0.3, 0.4) is 0 Å². The molecule has 1 aromatic rings. The molecule has 2 N–H and O–H groups in total. The Balaban J connectivity index is 1.73. The summed E-state index contributed by atoms with van der Waals surface area (Å²) in [5, 5.41) is 15.8. The van der Waals surface area contributed by atoms with Crippen LogP contribution in [0.5, 0.6) is 0 Å². The fourth-order valence-electron chi connectivity index (χ4n) is 2.54. The molecule has 1 fully saturated rings. The number of aliphatic carboxylic acids is 1. The molecule has 2 rings (SSSR count). The first kappa shape index (κ1) is 14.5. The lowest BCUT2D eigenvalue weighted by Gasteiger charge is -2.26. The minimum absolute atomic E-state index is 0.0872. The Morgan fingerprint density at radius 2 is 2.10 bits per heavy atom. The van der Waals surface area contributed by atoms with Crippen LogP contribution in [-0.2, 0) is 9.59 Å². The van der Waals surface area contributed by atoms with Crippen LogP contribution in [0.2, 0.25) is 0 Å². The highest BCUT2D eigenvalue weighted by atomic mass is 16.4. The van der Waals surface area contributed by atoms with Crippen LogP contribution in [0.15, 0.2) is 12.7 Å². The van der Waals surface area contributed by atoms with Crippen molar-refractivity contribution in [3.63, 3.8) is 0 Å². The van der Waals surface area contributed by atoms with Crippen molar-refractivity contribution >= 4 is 11.9 Å². The summed E-state index contributed by atoms with van der Waals surface area (Å²) in [5.74, 6) is -0.628. The lowest BCUT2D eigenvalue weighted by atomic mass is 9.82. The second kappa shape index (κ2) is 6.49. The van der Waals surface area contributed by atoms with Gasteiger partial charge in [0.15, 0.2) is 0 Å². The fraction of sp³-hybridized carbons (Fsp3) is 0.692. The number of nitrogens with zero attached hydrogens (tertiary/aromatic N) is 3. The normalized spacial score (nSPS) is 24.1. The van der Waals surface area contributed by atoms with Crippen molar-refractivity contribution in [3.05, 3.63) is 12.7 Å². The lowest BCUT2D eigenvalue weighted by molar-refractivity contribution is -0.143. The lowest BCUT2D eigenvalue weighted by Crippen LogP contribution is -2.36. The highest BCUT2D eigenvalue weighted by Crippen LogP contribution is 2.28. The molecule has 20 heavy (non-hydrogen) atoms. The zero-order valence-electron chi connectivity index (χ0n) is 11.5. The standard InChI is InChI=1S/C13H20N4O3/c1-9(17-8-14-7-16-17)12(18)15-6-10-2-4-11(5-3-10)13(19)20/h7-11H,2-6H2,1H3,(H,15,18)(H,19,20). The van der Waals surface area contributed by atoms with Crippen molar-refractivity contribution in [3.8, 4) is 0 Å². The third-order valence-electron chi connectivity index (χ3n) is 3.97. The van der Waals surface area contributed by atoms with E-state index in [9.17, 15) is 9.59 Å². The van der Waals surface area contributed by atoms with Crippen LogP contribution in [0.4, 0.5) is 0 Å². The van der Waals surface area contributed by atoms with Gasteiger partial charge < -0.3 is 10.4 Å². The molecule has 1 unspecified atom stereocenters. The molecular weight excluding hydrogens is 260 g/mol. The minimum Gasteiger partial charge on any atom is -0.481 e. The molecule has 0 aromatic carbocycles. The number of aromatic nitrogens is 3. The SMILES string of the molecule is CC(C(=O)NCC1CCC(C(=O)O)CC1)n1cncn1. The molecule has 1 atom stereocenters. The molecule has 1 aliphatic carbocycles. The third-order valence-corrected chi connectivity index (χ3v) is 3.97. The summed E-state index contributed by atoms with van der Waals surface area (Å²) in [7, 11) is 0. The van der Waals surface area contributed by atoms with Crippen molar-refractivity contribution in [2.45, 2.75) is 38.6 Å². The van der Waals surface area contributed by atoms with Crippen LogP contribution >= 0.6 is 0 Å². The van der Waals surface area contributed by atoms with E-state index in [2.05, 4.69) is 15.4 Å². The van der Waals surface area contributed by atoms with E-state index >= 15 is 0 Å². The summed E-state index contributed by atoms with van der Waals surface area (Å²) in [6, 6.07) is -0.382. The zero-order valence-corrected chi connectivity index (χ0v) is 11.5. The van der Waals surface area contributed by atoms with E-state index in [-0.39, 0.29) is 17.9 Å². The van der Waals surface area contributed by atoms with E-state index in [0.29, 0.717) is 25.3 Å². The topological polar surface area (TPSA) is 97.1 Å². The van der Waals surface area contributed by atoms with Crippen LogP contribution in [0.25, 0.3) is 0 Å². The van der Waals surface area contributed by atoms with Gasteiger partial charge in [-0.05, 0) is 38.5 Å². The predicted octanol–water partition coefficient (Wildman–Crippen LogP) is 0.846. The van der Waals surface area contributed by atoms with Gasteiger partial charge in [0.05, 0.1) is 5.92 Å². The molecule has 1 aromatic heterocycles. The Kier molecular flexibility index (Phi) is 4.70. The van der Waals surface area contributed by atoms with Gasteiger partial charge in [0.25, 0.3) is 0 Å². The number of carboxylic acids is 1. The van der Waals surface area contributed by atoms with Gasteiger partial charge in [0.1, 0.15) is 18.7 Å². The average Bonchev–Trinajstić information content (AvgIpc) is 2.98. The smallest absolute Gasteiger partial charge is 0.306 e. The van der Waals surface area contributed by atoms with Crippen molar-refractivity contribution in [2.24, 2.45) is 11.8 Å². The van der Waals surface area contributed by atoms with E-state index < -0.39 is 5.97 Å². The summed E-state index contributed by atoms with van der Waals surface area (Å²) in [6.07, 6.45) is 6.03.